The van der Waals surface area contributed by atoms with Crippen molar-refractivity contribution >= 4 is 44.5 Å². The molecule has 1 aliphatic rings. The summed E-state index contributed by atoms with van der Waals surface area (Å²) in [5.74, 6) is -0.279. The van der Waals surface area contributed by atoms with Gasteiger partial charge in [-0.3, -0.25) is 14.3 Å². The highest BCUT2D eigenvalue weighted by molar-refractivity contribution is 7.94. The summed E-state index contributed by atoms with van der Waals surface area (Å²) in [6.45, 7) is 0.997. The van der Waals surface area contributed by atoms with Crippen LogP contribution in [0.25, 0.3) is 0 Å². The molecule has 2 N–H and O–H groups in total. The summed E-state index contributed by atoms with van der Waals surface area (Å²) in [7, 11) is -3.63. The monoisotopic (exact) mass is 469 g/mol. The number of likely N-dealkylation sites (tertiary alicyclic amines) is 1. The van der Waals surface area contributed by atoms with Crippen LogP contribution in [0.5, 0.6) is 0 Å². The first-order valence-corrected chi connectivity index (χ1v) is 12.6. The minimum absolute atomic E-state index is 0.0225. The Morgan fingerprint density at radius 2 is 1.56 bits per heavy atom. The Balaban J connectivity index is 1.32. The molecule has 0 atom stereocenters. The zero-order valence-electron chi connectivity index (χ0n) is 17.2. The highest BCUT2D eigenvalue weighted by Gasteiger charge is 2.28. The van der Waals surface area contributed by atoms with Crippen molar-refractivity contribution in [1.82, 2.24) is 4.90 Å². The third-order valence-electron chi connectivity index (χ3n) is 5.34. The van der Waals surface area contributed by atoms with Gasteiger partial charge in [-0.25, -0.2) is 8.42 Å². The number of hydrogen-bond donors (Lipinski definition) is 2. The van der Waals surface area contributed by atoms with Gasteiger partial charge in [-0.1, -0.05) is 24.3 Å². The zero-order valence-corrected chi connectivity index (χ0v) is 18.9. The number of anilines is 2. The summed E-state index contributed by atoms with van der Waals surface area (Å²) in [6.07, 6.45) is 1.20. The quantitative estimate of drug-likeness (QED) is 0.570. The topological polar surface area (TPSA) is 95.6 Å². The Labute approximate surface area is 191 Å². The fraction of sp³-hybridized carbons (Fsp3) is 0.217. The molecule has 166 valence electrons. The first-order valence-electron chi connectivity index (χ1n) is 10.2. The molecule has 1 aromatic heterocycles. The van der Waals surface area contributed by atoms with Crippen LogP contribution in [0.1, 0.15) is 23.2 Å². The zero-order chi connectivity index (χ0) is 22.6. The number of thiophene rings is 1. The van der Waals surface area contributed by atoms with Crippen molar-refractivity contribution in [3.05, 3.63) is 77.7 Å². The molecule has 3 aromatic rings. The van der Waals surface area contributed by atoms with Crippen LogP contribution in [-0.4, -0.2) is 38.2 Å². The number of nitrogens with zero attached hydrogens (tertiary/aromatic N) is 1. The van der Waals surface area contributed by atoms with Crippen LogP contribution in [-0.2, 0) is 14.8 Å². The third-order valence-corrected chi connectivity index (χ3v) is 8.12. The highest BCUT2D eigenvalue weighted by Crippen LogP contribution is 2.23. The van der Waals surface area contributed by atoms with Gasteiger partial charge in [0.1, 0.15) is 4.21 Å². The van der Waals surface area contributed by atoms with Crippen molar-refractivity contribution in [3.8, 4) is 0 Å². The van der Waals surface area contributed by atoms with Gasteiger partial charge in [0.15, 0.2) is 0 Å². The van der Waals surface area contributed by atoms with E-state index >= 15 is 0 Å². The Morgan fingerprint density at radius 3 is 2.19 bits per heavy atom. The molecule has 1 saturated heterocycles. The van der Waals surface area contributed by atoms with Gasteiger partial charge in [0.05, 0.1) is 0 Å². The number of amides is 2. The number of rotatable bonds is 6. The molecule has 0 spiro atoms. The lowest BCUT2D eigenvalue weighted by molar-refractivity contribution is -0.121. The van der Waals surface area contributed by atoms with E-state index in [0.717, 1.165) is 17.0 Å². The lowest BCUT2D eigenvalue weighted by Crippen LogP contribution is -2.41. The van der Waals surface area contributed by atoms with Gasteiger partial charge in [0, 0.05) is 35.9 Å². The molecule has 2 amide bonds. The van der Waals surface area contributed by atoms with E-state index in [2.05, 4.69) is 10.0 Å². The summed E-state index contributed by atoms with van der Waals surface area (Å²) in [6, 6.07) is 18.9. The van der Waals surface area contributed by atoms with Gasteiger partial charge < -0.3 is 10.2 Å². The molecule has 32 heavy (non-hydrogen) atoms. The van der Waals surface area contributed by atoms with E-state index in [0.29, 0.717) is 37.2 Å². The molecule has 2 aromatic carbocycles. The molecule has 1 aliphatic heterocycles. The largest absolute Gasteiger partial charge is 0.339 e. The first kappa shape index (κ1) is 22.0. The Morgan fingerprint density at radius 1 is 0.875 bits per heavy atom. The van der Waals surface area contributed by atoms with E-state index in [1.54, 1.807) is 40.6 Å². The summed E-state index contributed by atoms with van der Waals surface area (Å²) in [4.78, 5) is 27.1. The summed E-state index contributed by atoms with van der Waals surface area (Å²) < 4.78 is 27.4. The molecule has 2 heterocycles. The van der Waals surface area contributed by atoms with Crippen LogP contribution in [0, 0.1) is 5.92 Å². The van der Waals surface area contributed by atoms with Gasteiger partial charge in [-0.2, -0.15) is 0 Å². The maximum absolute atomic E-state index is 12.8. The van der Waals surface area contributed by atoms with Crippen LogP contribution < -0.4 is 10.0 Å². The van der Waals surface area contributed by atoms with Crippen LogP contribution in [0.4, 0.5) is 11.4 Å². The standard InChI is InChI=1S/C23H23N3O4S2/c27-22(24-19-5-2-1-3-6-19)17-12-14-26(15-13-17)23(28)18-8-10-20(11-9-18)25-32(29,30)21-7-4-16-31-21/h1-11,16-17,25H,12-15H2,(H,24,27). The second-order valence-corrected chi connectivity index (χ2v) is 10.4. The van der Waals surface area contributed by atoms with Crippen LogP contribution >= 0.6 is 11.3 Å². The lowest BCUT2D eigenvalue weighted by atomic mass is 9.95. The fourth-order valence-corrected chi connectivity index (χ4v) is 5.65. The predicted molar refractivity (Wildman–Crippen MR) is 125 cm³/mol. The molecule has 0 unspecified atom stereocenters. The van der Waals surface area contributed by atoms with E-state index in [1.165, 1.54) is 6.07 Å². The Kier molecular flexibility index (Phi) is 6.57. The van der Waals surface area contributed by atoms with Crippen molar-refractivity contribution in [1.29, 1.82) is 0 Å². The van der Waals surface area contributed by atoms with Crippen molar-refractivity contribution in [2.75, 3.05) is 23.1 Å². The molecule has 7 nitrogen and oxygen atoms in total. The number of nitrogens with one attached hydrogen (secondary N) is 2. The van der Waals surface area contributed by atoms with E-state index in [4.69, 9.17) is 0 Å². The molecule has 0 bridgehead atoms. The normalized spacial score (nSPS) is 14.7. The van der Waals surface area contributed by atoms with Crippen LogP contribution in [0.2, 0.25) is 0 Å². The summed E-state index contributed by atoms with van der Waals surface area (Å²) in [5, 5.41) is 4.62. The molecule has 9 heteroatoms. The molecular formula is C23H23N3O4S2. The molecular weight excluding hydrogens is 446 g/mol. The maximum atomic E-state index is 12.8. The maximum Gasteiger partial charge on any atom is 0.271 e. The minimum Gasteiger partial charge on any atom is -0.339 e. The average Bonchev–Trinajstić information content (AvgIpc) is 3.36. The number of hydrogen-bond acceptors (Lipinski definition) is 5. The van der Waals surface area contributed by atoms with Gasteiger partial charge >= 0.3 is 0 Å². The number of piperidine rings is 1. The number of sulfonamides is 1. The second kappa shape index (κ2) is 9.54. The van der Waals surface area contributed by atoms with Gasteiger partial charge in [-0.15, -0.1) is 11.3 Å². The minimum atomic E-state index is -3.63. The average molecular weight is 470 g/mol. The smallest absolute Gasteiger partial charge is 0.271 e. The molecule has 0 aliphatic carbocycles. The summed E-state index contributed by atoms with van der Waals surface area (Å²) >= 11 is 1.14. The third kappa shape index (κ3) is 5.17. The molecule has 0 radical (unpaired) electrons. The lowest BCUT2D eigenvalue weighted by Gasteiger charge is -2.31. The van der Waals surface area contributed by atoms with Crippen LogP contribution in [0.15, 0.2) is 76.3 Å². The van der Waals surface area contributed by atoms with Gasteiger partial charge in [0.2, 0.25) is 5.91 Å². The van der Waals surface area contributed by atoms with Crippen molar-refractivity contribution in [2.45, 2.75) is 17.1 Å². The van der Waals surface area contributed by atoms with Gasteiger partial charge in [-0.05, 0) is 60.7 Å². The van der Waals surface area contributed by atoms with Gasteiger partial charge in [0.25, 0.3) is 15.9 Å². The fourth-order valence-electron chi connectivity index (χ4n) is 3.60. The SMILES string of the molecule is O=C(Nc1ccccc1)C1CCN(C(=O)c2ccc(NS(=O)(=O)c3cccs3)cc2)CC1. The number of para-hydroxylation sites is 1. The van der Waals surface area contributed by atoms with E-state index in [-0.39, 0.29) is 21.9 Å². The summed E-state index contributed by atoms with van der Waals surface area (Å²) in [5.41, 5.74) is 1.65. The number of carbonyl (C=O) groups excluding carboxylic acids is 2. The van der Waals surface area contributed by atoms with E-state index in [1.807, 2.05) is 30.3 Å². The van der Waals surface area contributed by atoms with Crippen molar-refractivity contribution < 1.29 is 18.0 Å². The van der Waals surface area contributed by atoms with Crippen molar-refractivity contribution in [3.63, 3.8) is 0 Å². The Hall–Kier alpha value is -3.17. The van der Waals surface area contributed by atoms with E-state index in [9.17, 15) is 18.0 Å². The highest BCUT2D eigenvalue weighted by atomic mass is 32.2. The van der Waals surface area contributed by atoms with Crippen molar-refractivity contribution in [2.24, 2.45) is 5.92 Å². The second-order valence-electron chi connectivity index (χ2n) is 7.54. The first-order chi connectivity index (χ1) is 15.4. The molecule has 0 saturated carbocycles. The Bertz CT molecular complexity index is 1170. The van der Waals surface area contributed by atoms with Crippen LogP contribution in [0.3, 0.4) is 0 Å². The van der Waals surface area contributed by atoms with E-state index < -0.39 is 10.0 Å². The predicted octanol–water partition coefficient (Wildman–Crippen LogP) is 4.04. The molecule has 1 fully saturated rings. The molecule has 4 rings (SSSR count). The number of benzene rings is 2. The number of carbonyl (C=O) groups is 2.